The number of hydrogen-bond donors (Lipinski definition) is 1. The Morgan fingerprint density at radius 1 is 1.16 bits per heavy atom. The summed E-state index contributed by atoms with van der Waals surface area (Å²) in [6.07, 6.45) is -3.05. The topological polar surface area (TPSA) is 37.5 Å². The van der Waals surface area contributed by atoms with E-state index in [9.17, 15) is 18.4 Å². The van der Waals surface area contributed by atoms with Crippen molar-refractivity contribution in [2.75, 3.05) is 0 Å². The minimum absolute atomic E-state index is 0.131. The molecule has 1 heterocycles. The molecule has 1 N–H and O–H groups in total. The van der Waals surface area contributed by atoms with E-state index >= 15 is 0 Å². The summed E-state index contributed by atoms with van der Waals surface area (Å²) >= 11 is 0. The smallest absolute Gasteiger partial charge is 0.416 e. The van der Waals surface area contributed by atoms with E-state index in [4.69, 9.17) is 0 Å². The summed E-state index contributed by atoms with van der Waals surface area (Å²) in [5.74, 6) is 0. The average molecular weight is 268 g/mol. The Bertz CT molecular complexity index is 636. The normalized spacial score (nSPS) is 12.7. The van der Waals surface area contributed by atoms with E-state index in [-0.39, 0.29) is 11.2 Å². The van der Waals surface area contributed by atoms with Gasteiger partial charge in [0.25, 0.3) is 0 Å². The molecular weight excluding hydrogens is 257 g/mol. The molecule has 0 amide bonds. The van der Waals surface area contributed by atoms with E-state index in [1.807, 2.05) is 0 Å². The first kappa shape index (κ1) is 13.2. The Balaban J connectivity index is 2.55. The maximum absolute atomic E-state index is 12.6. The molecule has 0 aliphatic heterocycles. The molecule has 2 aromatic rings. The van der Waals surface area contributed by atoms with Gasteiger partial charge in [-0.25, -0.2) is 4.99 Å². The molecule has 0 atom stereocenters. The molecule has 1 aromatic heterocycles. The van der Waals surface area contributed by atoms with Crippen LogP contribution in [0.25, 0.3) is 0 Å². The highest BCUT2D eigenvalue weighted by Gasteiger charge is 2.30. The highest BCUT2D eigenvalue weighted by atomic mass is 19.4. The van der Waals surface area contributed by atoms with Crippen molar-refractivity contribution in [3.63, 3.8) is 0 Å². The van der Waals surface area contributed by atoms with Crippen LogP contribution in [0.4, 0.5) is 18.9 Å². The van der Waals surface area contributed by atoms with Crippen molar-refractivity contribution in [2.24, 2.45) is 4.99 Å². The molecule has 100 valence electrons. The Morgan fingerprint density at radius 2 is 1.89 bits per heavy atom. The minimum Gasteiger partial charge on any atom is -0.427 e. The Labute approximate surface area is 107 Å². The maximum atomic E-state index is 12.6. The number of aryl methyl sites for hydroxylation is 1. The molecule has 6 heteroatoms. The lowest BCUT2D eigenvalue weighted by Crippen LogP contribution is -2.20. The largest absolute Gasteiger partial charge is 0.427 e. The van der Waals surface area contributed by atoms with Crippen LogP contribution in [0, 0.1) is 6.92 Å². The molecule has 0 unspecified atom stereocenters. The zero-order valence-electron chi connectivity index (χ0n) is 10.0. The van der Waals surface area contributed by atoms with Crippen molar-refractivity contribution in [3.8, 4) is 0 Å². The molecule has 0 saturated carbocycles. The number of rotatable bonds is 1. The third-order valence-corrected chi connectivity index (χ3v) is 2.55. The quantitative estimate of drug-likeness (QED) is 0.792. The van der Waals surface area contributed by atoms with Crippen molar-refractivity contribution >= 4 is 5.69 Å². The summed E-state index contributed by atoms with van der Waals surface area (Å²) in [5.41, 5.74) is 0.211. The van der Waals surface area contributed by atoms with Crippen molar-refractivity contribution in [1.29, 1.82) is 0 Å². The number of pyridine rings is 1. The number of aromatic nitrogens is 1. The molecule has 2 rings (SSSR count). The van der Waals surface area contributed by atoms with Crippen molar-refractivity contribution in [3.05, 3.63) is 59.2 Å². The molecule has 1 aromatic carbocycles. The molecule has 3 nitrogen and oxygen atoms in total. The van der Waals surface area contributed by atoms with Crippen LogP contribution in [0.5, 0.6) is 0 Å². The molecule has 0 saturated heterocycles. The van der Waals surface area contributed by atoms with Crippen LogP contribution < -0.4 is 5.49 Å². The number of halogens is 3. The first-order valence-electron chi connectivity index (χ1n) is 5.47. The van der Waals surface area contributed by atoms with Gasteiger partial charge in [-0.15, -0.1) is 0 Å². The summed E-state index contributed by atoms with van der Waals surface area (Å²) in [4.78, 5) is 4.03. The number of alkyl halides is 3. The molecule has 0 radical (unpaired) electrons. The second kappa shape index (κ2) is 4.79. The number of hydrogen-bond acceptors (Lipinski definition) is 2. The Hall–Kier alpha value is -2.24. The predicted molar refractivity (Wildman–Crippen MR) is 63.0 cm³/mol. The molecule has 19 heavy (non-hydrogen) atoms. The second-order valence-corrected chi connectivity index (χ2v) is 4.02. The van der Waals surface area contributed by atoms with Crippen LogP contribution in [0.15, 0.2) is 47.6 Å². The zero-order valence-corrected chi connectivity index (χ0v) is 10.0. The van der Waals surface area contributed by atoms with Gasteiger partial charge in [-0.05, 0) is 36.8 Å². The van der Waals surface area contributed by atoms with Gasteiger partial charge in [-0.3, -0.25) is 0 Å². The first-order valence-corrected chi connectivity index (χ1v) is 5.47. The fourth-order valence-corrected chi connectivity index (χ4v) is 1.61. The third-order valence-electron chi connectivity index (χ3n) is 2.55. The summed E-state index contributed by atoms with van der Waals surface area (Å²) in [6.45, 7) is 1.71. The van der Waals surface area contributed by atoms with E-state index in [1.165, 1.54) is 18.3 Å². The van der Waals surface area contributed by atoms with Gasteiger partial charge in [0.05, 0.1) is 11.3 Å². The van der Waals surface area contributed by atoms with Gasteiger partial charge in [-0.2, -0.15) is 17.9 Å². The third kappa shape index (κ3) is 2.96. The van der Waals surface area contributed by atoms with Crippen molar-refractivity contribution in [2.45, 2.75) is 13.1 Å². The van der Waals surface area contributed by atoms with Gasteiger partial charge < -0.3 is 5.21 Å². The summed E-state index contributed by atoms with van der Waals surface area (Å²) in [7, 11) is 0. The molecule has 0 spiro atoms. The van der Waals surface area contributed by atoms with E-state index in [0.717, 1.165) is 16.9 Å². The molecule has 0 aliphatic rings. The van der Waals surface area contributed by atoms with Crippen LogP contribution in [0.2, 0.25) is 0 Å². The monoisotopic (exact) mass is 268 g/mol. The summed E-state index contributed by atoms with van der Waals surface area (Å²) in [6, 6.07) is 7.96. The van der Waals surface area contributed by atoms with E-state index < -0.39 is 11.7 Å². The van der Waals surface area contributed by atoms with Gasteiger partial charge in [0.2, 0.25) is 0 Å². The van der Waals surface area contributed by atoms with Crippen molar-refractivity contribution < 1.29 is 18.4 Å². The second-order valence-electron chi connectivity index (χ2n) is 4.02. The fourth-order valence-electron chi connectivity index (χ4n) is 1.61. The van der Waals surface area contributed by atoms with Crippen molar-refractivity contribution in [1.82, 2.24) is 4.73 Å². The lowest BCUT2D eigenvalue weighted by Gasteiger charge is -2.07. The SMILES string of the molecule is Cc1cccn(O)c1=Nc1cccc(C(F)(F)F)c1. The lowest BCUT2D eigenvalue weighted by atomic mass is 10.2. The van der Waals surface area contributed by atoms with Gasteiger partial charge in [-0.1, -0.05) is 12.1 Å². The van der Waals surface area contributed by atoms with Crippen LogP contribution in [-0.4, -0.2) is 9.94 Å². The van der Waals surface area contributed by atoms with Gasteiger partial charge >= 0.3 is 6.18 Å². The number of nitrogens with zero attached hydrogens (tertiary/aromatic N) is 2. The Kier molecular flexibility index (Phi) is 3.33. The van der Waals surface area contributed by atoms with Gasteiger partial charge in [0.1, 0.15) is 0 Å². The summed E-state index contributed by atoms with van der Waals surface area (Å²) < 4.78 is 38.5. The lowest BCUT2D eigenvalue weighted by molar-refractivity contribution is -0.137. The molecule has 0 aliphatic carbocycles. The van der Waals surface area contributed by atoms with Crippen LogP contribution in [0.3, 0.4) is 0 Å². The predicted octanol–water partition coefficient (Wildman–Crippen LogP) is 3.29. The Morgan fingerprint density at radius 3 is 2.53 bits per heavy atom. The first-order chi connectivity index (χ1) is 8.88. The van der Waals surface area contributed by atoms with Gasteiger partial charge in [0, 0.05) is 6.20 Å². The highest BCUT2D eigenvalue weighted by Crippen LogP contribution is 2.31. The molecular formula is C13H11F3N2O. The van der Waals surface area contributed by atoms with E-state index in [2.05, 4.69) is 4.99 Å². The highest BCUT2D eigenvalue weighted by molar-refractivity contribution is 5.41. The van der Waals surface area contributed by atoms with Crippen LogP contribution in [-0.2, 0) is 6.18 Å². The van der Waals surface area contributed by atoms with Crippen LogP contribution >= 0.6 is 0 Å². The minimum atomic E-state index is -4.41. The van der Waals surface area contributed by atoms with Crippen LogP contribution in [0.1, 0.15) is 11.1 Å². The molecule has 0 bridgehead atoms. The van der Waals surface area contributed by atoms with E-state index in [1.54, 1.807) is 19.1 Å². The van der Waals surface area contributed by atoms with Gasteiger partial charge in [0.15, 0.2) is 5.49 Å². The average Bonchev–Trinajstić information content (AvgIpc) is 2.33. The number of benzene rings is 1. The zero-order chi connectivity index (χ0) is 14.0. The summed E-state index contributed by atoms with van der Waals surface area (Å²) in [5, 5.41) is 9.58. The standard InChI is InChI=1S/C13H11F3N2O/c1-9-4-3-7-18(19)12(9)17-11-6-2-5-10(8-11)13(14,15)16/h2-8,19H,1H3. The van der Waals surface area contributed by atoms with E-state index in [0.29, 0.717) is 5.56 Å². The molecule has 0 fully saturated rings. The maximum Gasteiger partial charge on any atom is 0.416 e. The fraction of sp³-hybridized carbons (Fsp3) is 0.154.